The minimum atomic E-state index is -0.268. The van der Waals surface area contributed by atoms with Crippen molar-refractivity contribution < 1.29 is 14.3 Å². The second kappa shape index (κ2) is 9.60. The lowest BCUT2D eigenvalue weighted by Gasteiger charge is -2.29. The van der Waals surface area contributed by atoms with Crippen LogP contribution >= 0.6 is 0 Å². The highest BCUT2D eigenvalue weighted by molar-refractivity contribution is 5.85. The molecule has 1 amide bonds. The SMILES string of the molecule is CCc1ccc(OCC(=O)N(C)[C@@H](c2ccc(OC)cc2)c2c[nH]c3ccccc23)cc1. The Kier molecular flexibility index (Phi) is 6.45. The fourth-order valence-corrected chi connectivity index (χ4v) is 3.93. The van der Waals surface area contributed by atoms with E-state index in [9.17, 15) is 4.79 Å². The van der Waals surface area contributed by atoms with Crippen molar-refractivity contribution in [2.75, 3.05) is 20.8 Å². The van der Waals surface area contributed by atoms with Gasteiger partial charge in [0.05, 0.1) is 13.2 Å². The first-order chi connectivity index (χ1) is 15.6. The minimum absolute atomic E-state index is 0.0308. The summed E-state index contributed by atoms with van der Waals surface area (Å²) in [6, 6.07) is 23.5. The highest BCUT2D eigenvalue weighted by Gasteiger charge is 2.26. The second-order valence-corrected chi connectivity index (χ2v) is 7.76. The number of hydrogen-bond acceptors (Lipinski definition) is 3. The van der Waals surface area contributed by atoms with Crippen LogP contribution in [-0.4, -0.2) is 36.6 Å². The first-order valence-corrected chi connectivity index (χ1v) is 10.8. The van der Waals surface area contributed by atoms with Crippen LogP contribution in [0.15, 0.2) is 79.0 Å². The van der Waals surface area contributed by atoms with Crippen molar-refractivity contribution in [2.24, 2.45) is 0 Å². The largest absolute Gasteiger partial charge is 0.497 e. The molecule has 0 bridgehead atoms. The van der Waals surface area contributed by atoms with Gasteiger partial charge in [0.1, 0.15) is 11.5 Å². The number of rotatable bonds is 8. The molecule has 164 valence electrons. The molecule has 1 aromatic heterocycles. The summed E-state index contributed by atoms with van der Waals surface area (Å²) < 4.78 is 11.1. The standard InChI is InChI=1S/C27H28N2O3/c1-4-19-9-13-22(14-10-19)32-18-26(30)29(2)27(20-11-15-21(31-3)16-12-20)24-17-28-25-8-6-5-7-23(24)25/h5-17,27-28H,4,18H2,1-3H3/t27-/m0/s1. The van der Waals surface area contributed by atoms with Gasteiger partial charge in [-0.15, -0.1) is 0 Å². The van der Waals surface area contributed by atoms with E-state index in [1.54, 1.807) is 12.0 Å². The normalized spacial score (nSPS) is 11.8. The number of carbonyl (C=O) groups excluding carboxylic acids is 1. The van der Waals surface area contributed by atoms with Gasteiger partial charge in [-0.3, -0.25) is 4.79 Å². The highest BCUT2D eigenvalue weighted by atomic mass is 16.5. The summed E-state index contributed by atoms with van der Waals surface area (Å²) in [5.41, 5.74) is 4.31. The molecular formula is C27H28N2O3. The number of aromatic nitrogens is 1. The van der Waals surface area contributed by atoms with Gasteiger partial charge in [-0.1, -0.05) is 49.4 Å². The third-order valence-corrected chi connectivity index (χ3v) is 5.82. The Morgan fingerprint density at radius 1 is 0.969 bits per heavy atom. The third-order valence-electron chi connectivity index (χ3n) is 5.82. The Morgan fingerprint density at radius 2 is 1.66 bits per heavy atom. The van der Waals surface area contributed by atoms with Gasteiger partial charge in [-0.05, 0) is 47.9 Å². The van der Waals surface area contributed by atoms with Crippen LogP contribution in [0.5, 0.6) is 11.5 Å². The molecule has 0 unspecified atom stereocenters. The minimum Gasteiger partial charge on any atom is -0.497 e. The second-order valence-electron chi connectivity index (χ2n) is 7.76. The number of amides is 1. The fourth-order valence-electron chi connectivity index (χ4n) is 3.93. The Labute approximate surface area is 188 Å². The van der Waals surface area contributed by atoms with E-state index >= 15 is 0 Å². The van der Waals surface area contributed by atoms with E-state index < -0.39 is 0 Å². The molecule has 5 heteroatoms. The molecule has 1 N–H and O–H groups in total. The van der Waals surface area contributed by atoms with Crippen molar-refractivity contribution in [2.45, 2.75) is 19.4 Å². The van der Waals surface area contributed by atoms with Crippen molar-refractivity contribution in [1.29, 1.82) is 0 Å². The number of fused-ring (bicyclic) bond motifs is 1. The van der Waals surface area contributed by atoms with Gasteiger partial charge in [-0.25, -0.2) is 0 Å². The molecule has 1 heterocycles. The van der Waals surface area contributed by atoms with Gasteiger partial charge in [-0.2, -0.15) is 0 Å². The maximum absolute atomic E-state index is 13.2. The molecule has 4 rings (SSSR count). The summed E-state index contributed by atoms with van der Waals surface area (Å²) in [6.07, 6.45) is 2.95. The van der Waals surface area contributed by atoms with Crippen LogP contribution in [0.4, 0.5) is 0 Å². The molecule has 3 aromatic carbocycles. The lowest BCUT2D eigenvalue weighted by molar-refractivity contribution is -0.133. The summed E-state index contributed by atoms with van der Waals surface area (Å²) in [4.78, 5) is 18.3. The molecule has 0 aliphatic rings. The number of nitrogens with zero attached hydrogens (tertiary/aromatic N) is 1. The van der Waals surface area contributed by atoms with E-state index in [1.807, 2.05) is 80.0 Å². The number of ether oxygens (including phenoxy) is 2. The van der Waals surface area contributed by atoms with E-state index in [1.165, 1.54) is 5.56 Å². The molecule has 0 spiro atoms. The maximum Gasteiger partial charge on any atom is 0.261 e. The number of aryl methyl sites for hydroxylation is 1. The molecule has 1 atom stereocenters. The van der Waals surface area contributed by atoms with E-state index in [-0.39, 0.29) is 18.6 Å². The lowest BCUT2D eigenvalue weighted by atomic mass is 9.96. The first kappa shape index (κ1) is 21.5. The first-order valence-electron chi connectivity index (χ1n) is 10.8. The molecule has 0 aliphatic carbocycles. The third kappa shape index (κ3) is 4.47. The van der Waals surface area contributed by atoms with Crippen LogP contribution in [-0.2, 0) is 11.2 Å². The Hall–Kier alpha value is -3.73. The van der Waals surface area contributed by atoms with Crippen molar-refractivity contribution in [3.05, 3.63) is 95.7 Å². The lowest BCUT2D eigenvalue weighted by Crippen LogP contribution is -2.35. The van der Waals surface area contributed by atoms with Crippen molar-refractivity contribution in [1.82, 2.24) is 9.88 Å². The number of H-pyrrole nitrogens is 1. The van der Waals surface area contributed by atoms with Gasteiger partial charge < -0.3 is 19.4 Å². The number of methoxy groups -OCH3 is 1. The topological polar surface area (TPSA) is 54.6 Å². The predicted molar refractivity (Wildman–Crippen MR) is 127 cm³/mol. The van der Waals surface area contributed by atoms with Gasteiger partial charge in [0.15, 0.2) is 6.61 Å². The molecule has 0 radical (unpaired) electrons. The molecule has 0 saturated carbocycles. The van der Waals surface area contributed by atoms with Gasteiger partial charge in [0.2, 0.25) is 0 Å². The molecular weight excluding hydrogens is 400 g/mol. The molecule has 5 nitrogen and oxygen atoms in total. The highest BCUT2D eigenvalue weighted by Crippen LogP contribution is 2.34. The summed E-state index contributed by atoms with van der Waals surface area (Å²) in [5, 5.41) is 1.09. The Bertz CT molecular complexity index is 1180. The van der Waals surface area contributed by atoms with Crippen LogP contribution in [0, 0.1) is 0 Å². The summed E-state index contributed by atoms with van der Waals surface area (Å²) in [5.74, 6) is 1.37. The van der Waals surface area contributed by atoms with Crippen LogP contribution in [0.2, 0.25) is 0 Å². The van der Waals surface area contributed by atoms with E-state index in [0.717, 1.165) is 34.2 Å². The van der Waals surface area contributed by atoms with Gasteiger partial charge in [0, 0.05) is 29.7 Å². The van der Waals surface area contributed by atoms with Crippen LogP contribution in [0.3, 0.4) is 0 Å². The number of para-hydroxylation sites is 1. The molecule has 4 aromatic rings. The molecule has 0 saturated heterocycles. The summed E-state index contributed by atoms with van der Waals surface area (Å²) >= 11 is 0. The summed E-state index contributed by atoms with van der Waals surface area (Å²) in [7, 11) is 3.47. The number of likely N-dealkylation sites (N-methyl/N-ethyl adjacent to an activating group) is 1. The van der Waals surface area contributed by atoms with E-state index in [2.05, 4.69) is 18.0 Å². The Morgan fingerprint density at radius 3 is 2.34 bits per heavy atom. The zero-order valence-corrected chi connectivity index (χ0v) is 18.7. The van der Waals surface area contributed by atoms with Gasteiger partial charge >= 0.3 is 0 Å². The van der Waals surface area contributed by atoms with Crippen LogP contribution in [0.25, 0.3) is 10.9 Å². The number of nitrogens with one attached hydrogen (secondary N) is 1. The van der Waals surface area contributed by atoms with Crippen LogP contribution in [0.1, 0.15) is 29.7 Å². The predicted octanol–water partition coefficient (Wildman–Crippen LogP) is 5.37. The fraction of sp³-hybridized carbons (Fsp3) is 0.222. The average molecular weight is 429 g/mol. The number of hydrogen-bond donors (Lipinski definition) is 1. The number of aromatic amines is 1. The van der Waals surface area contributed by atoms with Crippen molar-refractivity contribution in [3.8, 4) is 11.5 Å². The molecule has 32 heavy (non-hydrogen) atoms. The quantitative estimate of drug-likeness (QED) is 0.411. The van der Waals surface area contributed by atoms with E-state index in [4.69, 9.17) is 9.47 Å². The zero-order valence-electron chi connectivity index (χ0n) is 18.7. The zero-order chi connectivity index (χ0) is 22.5. The maximum atomic E-state index is 13.2. The number of carbonyl (C=O) groups is 1. The van der Waals surface area contributed by atoms with Crippen LogP contribution < -0.4 is 9.47 Å². The molecule has 0 fully saturated rings. The smallest absolute Gasteiger partial charge is 0.261 e. The number of benzene rings is 3. The van der Waals surface area contributed by atoms with Crippen molar-refractivity contribution >= 4 is 16.8 Å². The Balaban J connectivity index is 1.61. The molecule has 0 aliphatic heterocycles. The van der Waals surface area contributed by atoms with Gasteiger partial charge in [0.25, 0.3) is 5.91 Å². The average Bonchev–Trinajstić information content (AvgIpc) is 3.27. The summed E-state index contributed by atoms with van der Waals surface area (Å²) in [6.45, 7) is 2.08. The monoisotopic (exact) mass is 428 g/mol. The van der Waals surface area contributed by atoms with E-state index in [0.29, 0.717) is 5.75 Å². The van der Waals surface area contributed by atoms with Crippen molar-refractivity contribution in [3.63, 3.8) is 0 Å².